The largest absolute Gasteiger partial charge is 0.198 e. The van der Waals surface area contributed by atoms with Gasteiger partial charge in [-0.1, -0.05) is 27.5 Å². The molecule has 0 amide bonds. The van der Waals surface area contributed by atoms with E-state index in [1.165, 1.54) is 0 Å². The normalized spacial score (nSPS) is 9.50. The van der Waals surface area contributed by atoms with Gasteiger partial charge in [-0.3, -0.25) is 0 Å². The summed E-state index contributed by atoms with van der Waals surface area (Å²) in [5, 5.41) is 9.18. The maximum atomic E-state index is 8.52. The SMILES string of the molecule is Cc1c(Br)cc(Cl)cc1CC#N. The van der Waals surface area contributed by atoms with E-state index in [-0.39, 0.29) is 0 Å². The second kappa shape index (κ2) is 3.93. The smallest absolute Gasteiger partial charge is 0.0669 e. The average molecular weight is 245 g/mol. The van der Waals surface area contributed by atoms with Gasteiger partial charge in [-0.2, -0.15) is 5.26 Å². The molecule has 0 spiro atoms. The lowest BCUT2D eigenvalue weighted by molar-refractivity contribution is 1.20. The molecule has 62 valence electrons. The summed E-state index contributed by atoms with van der Waals surface area (Å²) in [6.45, 7) is 1.97. The summed E-state index contributed by atoms with van der Waals surface area (Å²) in [6, 6.07) is 5.76. The number of benzene rings is 1. The molecule has 0 N–H and O–H groups in total. The molecule has 0 saturated carbocycles. The van der Waals surface area contributed by atoms with Crippen molar-refractivity contribution >= 4 is 27.5 Å². The van der Waals surface area contributed by atoms with E-state index in [1.54, 1.807) is 0 Å². The highest BCUT2D eigenvalue weighted by molar-refractivity contribution is 9.10. The van der Waals surface area contributed by atoms with Crippen molar-refractivity contribution < 1.29 is 0 Å². The molecule has 0 saturated heterocycles. The van der Waals surface area contributed by atoms with E-state index in [0.717, 1.165) is 15.6 Å². The molecule has 1 rings (SSSR count). The van der Waals surface area contributed by atoms with Crippen LogP contribution in [0.3, 0.4) is 0 Å². The van der Waals surface area contributed by atoms with Crippen LogP contribution in [0.25, 0.3) is 0 Å². The maximum absolute atomic E-state index is 8.52. The number of rotatable bonds is 1. The Kier molecular flexibility index (Phi) is 3.13. The van der Waals surface area contributed by atoms with Crippen molar-refractivity contribution in [1.82, 2.24) is 0 Å². The summed E-state index contributed by atoms with van der Waals surface area (Å²) in [5.41, 5.74) is 2.07. The standard InChI is InChI=1S/C9H7BrClN/c1-6-7(2-3-12)4-8(11)5-9(6)10/h4-5H,2H2,1H3. The lowest BCUT2D eigenvalue weighted by Gasteiger charge is -2.04. The minimum atomic E-state index is 0.408. The molecule has 0 atom stereocenters. The fourth-order valence-corrected chi connectivity index (χ4v) is 1.84. The number of hydrogen-bond acceptors (Lipinski definition) is 1. The maximum Gasteiger partial charge on any atom is 0.0669 e. The van der Waals surface area contributed by atoms with Crippen molar-refractivity contribution in [1.29, 1.82) is 5.26 Å². The third-order valence-corrected chi connectivity index (χ3v) is 2.73. The van der Waals surface area contributed by atoms with E-state index in [2.05, 4.69) is 22.0 Å². The molecule has 1 aromatic rings. The van der Waals surface area contributed by atoms with Crippen molar-refractivity contribution in [3.8, 4) is 6.07 Å². The fraction of sp³-hybridized carbons (Fsp3) is 0.222. The molecule has 0 fully saturated rings. The van der Waals surface area contributed by atoms with Crippen LogP contribution in [0.4, 0.5) is 0 Å². The Morgan fingerprint density at radius 1 is 1.58 bits per heavy atom. The molecule has 1 nitrogen and oxygen atoms in total. The van der Waals surface area contributed by atoms with Crippen LogP contribution in [0.1, 0.15) is 11.1 Å². The Labute approximate surface area is 85.1 Å². The highest BCUT2D eigenvalue weighted by atomic mass is 79.9. The van der Waals surface area contributed by atoms with Crippen LogP contribution in [0, 0.1) is 18.3 Å². The van der Waals surface area contributed by atoms with Gasteiger partial charge in [0.15, 0.2) is 0 Å². The first kappa shape index (κ1) is 9.57. The molecule has 1 aromatic carbocycles. The first-order chi connectivity index (χ1) is 5.65. The zero-order chi connectivity index (χ0) is 9.14. The van der Waals surface area contributed by atoms with Crippen molar-refractivity contribution in [2.45, 2.75) is 13.3 Å². The summed E-state index contributed by atoms with van der Waals surface area (Å²) in [6.07, 6.45) is 0.408. The summed E-state index contributed by atoms with van der Waals surface area (Å²) in [4.78, 5) is 0. The van der Waals surface area contributed by atoms with Crippen molar-refractivity contribution in [3.05, 3.63) is 32.8 Å². The van der Waals surface area contributed by atoms with Gasteiger partial charge >= 0.3 is 0 Å². The van der Waals surface area contributed by atoms with Gasteiger partial charge in [0, 0.05) is 9.50 Å². The van der Waals surface area contributed by atoms with E-state index in [1.807, 2.05) is 19.1 Å². The lowest BCUT2D eigenvalue weighted by atomic mass is 10.1. The highest BCUT2D eigenvalue weighted by Gasteiger charge is 2.03. The zero-order valence-corrected chi connectivity index (χ0v) is 8.91. The summed E-state index contributed by atoms with van der Waals surface area (Å²) in [5.74, 6) is 0. The zero-order valence-electron chi connectivity index (χ0n) is 6.56. The van der Waals surface area contributed by atoms with E-state index in [4.69, 9.17) is 16.9 Å². The van der Waals surface area contributed by atoms with Crippen molar-refractivity contribution in [2.24, 2.45) is 0 Å². The Morgan fingerprint density at radius 3 is 2.83 bits per heavy atom. The fourth-order valence-electron chi connectivity index (χ4n) is 0.968. The Morgan fingerprint density at radius 2 is 2.25 bits per heavy atom. The van der Waals surface area contributed by atoms with Crippen molar-refractivity contribution in [2.75, 3.05) is 0 Å². The Balaban J connectivity index is 3.20. The molecular formula is C9H7BrClN. The van der Waals surface area contributed by atoms with Crippen LogP contribution in [0.2, 0.25) is 5.02 Å². The van der Waals surface area contributed by atoms with E-state index >= 15 is 0 Å². The molecule has 0 unspecified atom stereocenters. The minimum absolute atomic E-state index is 0.408. The molecule has 0 heterocycles. The van der Waals surface area contributed by atoms with E-state index < -0.39 is 0 Å². The van der Waals surface area contributed by atoms with Gasteiger partial charge in [-0.25, -0.2) is 0 Å². The van der Waals surface area contributed by atoms with Crippen LogP contribution in [-0.2, 0) is 6.42 Å². The van der Waals surface area contributed by atoms with Gasteiger partial charge in [0.2, 0.25) is 0 Å². The average Bonchev–Trinajstić information content (AvgIpc) is 2.00. The number of nitriles is 1. The summed E-state index contributed by atoms with van der Waals surface area (Å²) >= 11 is 9.19. The van der Waals surface area contributed by atoms with Gasteiger partial charge in [0.25, 0.3) is 0 Å². The second-order valence-electron chi connectivity index (χ2n) is 2.51. The minimum Gasteiger partial charge on any atom is -0.198 e. The van der Waals surface area contributed by atoms with Gasteiger partial charge in [0.05, 0.1) is 12.5 Å². The molecule has 0 aliphatic carbocycles. The molecule has 0 aliphatic rings. The van der Waals surface area contributed by atoms with Crippen LogP contribution in [0.15, 0.2) is 16.6 Å². The van der Waals surface area contributed by atoms with Crippen LogP contribution >= 0.6 is 27.5 Å². The van der Waals surface area contributed by atoms with Crippen LogP contribution < -0.4 is 0 Å². The first-order valence-electron chi connectivity index (χ1n) is 3.46. The molecule has 0 aliphatic heterocycles. The topological polar surface area (TPSA) is 23.8 Å². The summed E-state index contributed by atoms with van der Waals surface area (Å²) < 4.78 is 0.959. The Hall–Kier alpha value is -0.520. The first-order valence-corrected chi connectivity index (χ1v) is 4.63. The molecule has 0 radical (unpaired) electrons. The van der Waals surface area contributed by atoms with E-state index in [9.17, 15) is 0 Å². The number of nitrogens with zero attached hydrogens (tertiary/aromatic N) is 1. The van der Waals surface area contributed by atoms with Crippen LogP contribution in [0.5, 0.6) is 0 Å². The molecule has 0 aromatic heterocycles. The highest BCUT2D eigenvalue weighted by Crippen LogP contribution is 2.25. The van der Waals surface area contributed by atoms with Crippen molar-refractivity contribution in [3.63, 3.8) is 0 Å². The number of hydrogen-bond donors (Lipinski definition) is 0. The molecule has 3 heteroatoms. The van der Waals surface area contributed by atoms with Gasteiger partial charge in [0.1, 0.15) is 0 Å². The van der Waals surface area contributed by atoms with Gasteiger partial charge in [-0.05, 0) is 30.2 Å². The lowest BCUT2D eigenvalue weighted by Crippen LogP contribution is -1.88. The second-order valence-corrected chi connectivity index (χ2v) is 3.80. The van der Waals surface area contributed by atoms with Crippen LogP contribution in [-0.4, -0.2) is 0 Å². The quantitative estimate of drug-likeness (QED) is 0.742. The summed E-state index contributed by atoms with van der Waals surface area (Å²) in [7, 11) is 0. The molecule has 12 heavy (non-hydrogen) atoms. The third-order valence-electron chi connectivity index (χ3n) is 1.69. The molecule has 0 bridgehead atoms. The predicted molar refractivity (Wildman–Crippen MR) is 53.2 cm³/mol. The Bertz CT molecular complexity index is 341. The monoisotopic (exact) mass is 243 g/mol. The molecular weight excluding hydrogens is 237 g/mol. The predicted octanol–water partition coefficient (Wildman–Crippen LogP) is 3.48. The number of halogens is 2. The van der Waals surface area contributed by atoms with Gasteiger partial charge in [-0.15, -0.1) is 0 Å². The van der Waals surface area contributed by atoms with Gasteiger partial charge < -0.3 is 0 Å². The third kappa shape index (κ3) is 2.00. The van der Waals surface area contributed by atoms with E-state index in [0.29, 0.717) is 11.4 Å².